The fraction of sp³-hybridized carbons (Fsp3) is 0.100. The Kier molecular flexibility index (Phi) is 3.96. The molecule has 1 heterocycles. The van der Waals surface area contributed by atoms with Gasteiger partial charge in [0.25, 0.3) is 0 Å². The lowest BCUT2D eigenvalue weighted by atomic mass is 10.3. The molecule has 0 aliphatic rings. The van der Waals surface area contributed by atoms with E-state index in [1.54, 1.807) is 0 Å². The molecular formula is C10H7BrFN3O3S. The number of rotatable bonds is 4. The number of halogens is 2. The van der Waals surface area contributed by atoms with Gasteiger partial charge in [-0.2, -0.15) is 0 Å². The summed E-state index contributed by atoms with van der Waals surface area (Å²) in [5.74, 6) is -0.744. The molecule has 0 saturated heterocycles. The van der Waals surface area contributed by atoms with Gasteiger partial charge in [-0.3, -0.25) is 10.1 Å². The van der Waals surface area contributed by atoms with Crippen LogP contribution in [0.2, 0.25) is 0 Å². The molecule has 0 unspecified atom stereocenters. The Hall–Kier alpha value is -1.74. The number of nitrogens with two attached hydrogens (primary N) is 1. The summed E-state index contributed by atoms with van der Waals surface area (Å²) in [5.41, 5.74) is 5.02. The lowest BCUT2D eigenvalue weighted by Crippen LogP contribution is -1.99. The van der Waals surface area contributed by atoms with Crippen LogP contribution < -0.4 is 10.5 Å². The molecule has 0 spiro atoms. The highest BCUT2D eigenvalue weighted by Crippen LogP contribution is 2.36. The summed E-state index contributed by atoms with van der Waals surface area (Å²) in [7, 11) is 0. The minimum Gasteiger partial charge on any atom is -0.480 e. The highest BCUT2D eigenvalue weighted by atomic mass is 79.9. The molecule has 0 aliphatic heterocycles. The minimum atomic E-state index is -0.715. The Morgan fingerprint density at radius 3 is 2.89 bits per heavy atom. The van der Waals surface area contributed by atoms with E-state index in [1.807, 2.05) is 0 Å². The van der Waals surface area contributed by atoms with E-state index in [0.717, 1.165) is 12.1 Å². The number of aromatic nitrogens is 1. The number of hydrogen-bond donors (Lipinski definition) is 1. The van der Waals surface area contributed by atoms with Crippen LogP contribution in [0.25, 0.3) is 0 Å². The zero-order valence-electron chi connectivity index (χ0n) is 9.30. The van der Waals surface area contributed by atoms with E-state index in [0.29, 0.717) is 10.0 Å². The average molecular weight is 348 g/mol. The number of thiazole rings is 1. The molecule has 0 radical (unpaired) electrons. The Labute approximate surface area is 119 Å². The number of benzene rings is 1. The highest BCUT2D eigenvalue weighted by molar-refractivity contribution is 9.10. The predicted molar refractivity (Wildman–Crippen MR) is 71.6 cm³/mol. The van der Waals surface area contributed by atoms with Crippen molar-refractivity contribution in [1.82, 2.24) is 4.98 Å². The maximum absolute atomic E-state index is 13.1. The summed E-state index contributed by atoms with van der Waals surface area (Å²) in [4.78, 5) is 14.7. The molecule has 1 aromatic carbocycles. The van der Waals surface area contributed by atoms with E-state index < -0.39 is 16.4 Å². The predicted octanol–water partition coefficient (Wildman–Crippen LogP) is 3.11. The summed E-state index contributed by atoms with van der Waals surface area (Å²) in [5, 5.41) is 11.2. The molecule has 2 N–H and O–H groups in total. The molecule has 0 bridgehead atoms. The third-order valence-electron chi connectivity index (χ3n) is 2.12. The number of anilines is 1. The molecule has 2 aromatic rings. The Morgan fingerprint density at radius 1 is 1.58 bits per heavy atom. The van der Waals surface area contributed by atoms with E-state index in [4.69, 9.17) is 10.5 Å². The van der Waals surface area contributed by atoms with Crippen molar-refractivity contribution in [3.8, 4) is 5.75 Å². The van der Waals surface area contributed by atoms with Crippen molar-refractivity contribution in [2.45, 2.75) is 6.61 Å². The normalized spacial score (nSPS) is 10.4. The highest BCUT2D eigenvalue weighted by Gasteiger charge is 2.20. The summed E-state index contributed by atoms with van der Waals surface area (Å²) >= 11 is 4.25. The van der Waals surface area contributed by atoms with Gasteiger partial charge in [0.15, 0.2) is 5.13 Å². The van der Waals surface area contributed by atoms with Crippen LogP contribution in [0.4, 0.5) is 15.2 Å². The maximum atomic E-state index is 13.1. The second-order valence-corrected chi connectivity index (χ2v) is 5.45. The standard InChI is InChI=1S/C10H7BrFN3O3S/c11-7-1-5(12)2-8(15(16)17)9(7)18-4-6-3-14-10(13)19-6/h1-3H,4H2,(H2,13,14). The molecule has 0 aliphatic carbocycles. The molecule has 100 valence electrons. The van der Waals surface area contributed by atoms with E-state index in [1.165, 1.54) is 17.5 Å². The third-order valence-corrected chi connectivity index (χ3v) is 3.50. The van der Waals surface area contributed by atoms with Crippen LogP contribution in [0, 0.1) is 15.9 Å². The second-order valence-electron chi connectivity index (χ2n) is 3.45. The molecule has 0 saturated carbocycles. The summed E-state index contributed by atoms with van der Waals surface area (Å²) in [6.45, 7) is 0.0694. The molecule has 19 heavy (non-hydrogen) atoms. The molecule has 0 atom stereocenters. The van der Waals surface area contributed by atoms with Gasteiger partial charge in [-0.15, -0.1) is 0 Å². The Morgan fingerprint density at radius 2 is 2.32 bits per heavy atom. The van der Waals surface area contributed by atoms with Crippen molar-refractivity contribution in [1.29, 1.82) is 0 Å². The molecule has 2 rings (SSSR count). The van der Waals surface area contributed by atoms with Crippen molar-refractivity contribution < 1.29 is 14.1 Å². The van der Waals surface area contributed by atoms with Gasteiger partial charge >= 0.3 is 5.69 Å². The van der Waals surface area contributed by atoms with Gasteiger partial charge in [0.2, 0.25) is 5.75 Å². The number of nitro groups is 1. The monoisotopic (exact) mass is 347 g/mol. The second kappa shape index (κ2) is 5.49. The number of nitro benzene ring substituents is 1. The zero-order chi connectivity index (χ0) is 14.0. The fourth-order valence-electron chi connectivity index (χ4n) is 1.36. The zero-order valence-corrected chi connectivity index (χ0v) is 11.7. The number of hydrogen-bond acceptors (Lipinski definition) is 6. The lowest BCUT2D eigenvalue weighted by molar-refractivity contribution is -0.386. The van der Waals surface area contributed by atoms with Crippen LogP contribution in [0.1, 0.15) is 4.88 Å². The minimum absolute atomic E-state index is 0.0293. The van der Waals surface area contributed by atoms with Crippen LogP contribution in [0.5, 0.6) is 5.75 Å². The number of nitrogen functional groups attached to an aromatic ring is 1. The molecule has 9 heteroatoms. The van der Waals surface area contributed by atoms with Crippen LogP contribution in [0.3, 0.4) is 0 Å². The van der Waals surface area contributed by atoms with E-state index in [-0.39, 0.29) is 16.8 Å². The van der Waals surface area contributed by atoms with Gasteiger partial charge in [0.05, 0.1) is 20.3 Å². The van der Waals surface area contributed by atoms with Crippen LogP contribution >= 0.6 is 27.3 Å². The van der Waals surface area contributed by atoms with E-state index in [2.05, 4.69) is 20.9 Å². The van der Waals surface area contributed by atoms with Crippen molar-refractivity contribution in [3.05, 3.63) is 43.6 Å². The van der Waals surface area contributed by atoms with Gasteiger partial charge < -0.3 is 10.5 Å². The van der Waals surface area contributed by atoms with Crippen molar-refractivity contribution in [2.24, 2.45) is 0 Å². The first-order chi connectivity index (χ1) is 8.97. The molecular weight excluding hydrogens is 341 g/mol. The van der Waals surface area contributed by atoms with Crippen LogP contribution in [-0.4, -0.2) is 9.91 Å². The first kappa shape index (κ1) is 13.7. The quantitative estimate of drug-likeness (QED) is 0.677. The maximum Gasteiger partial charge on any atom is 0.315 e. The smallest absolute Gasteiger partial charge is 0.315 e. The van der Waals surface area contributed by atoms with E-state index >= 15 is 0 Å². The van der Waals surface area contributed by atoms with Gasteiger partial charge in [0, 0.05) is 6.20 Å². The SMILES string of the molecule is Nc1ncc(COc2c(Br)cc(F)cc2[N+](=O)[O-])s1. The van der Waals surface area contributed by atoms with Gasteiger partial charge in [0.1, 0.15) is 12.4 Å². The number of ether oxygens (including phenoxy) is 1. The summed E-state index contributed by atoms with van der Waals surface area (Å²) < 4.78 is 18.6. The molecule has 1 aromatic heterocycles. The van der Waals surface area contributed by atoms with Crippen LogP contribution in [-0.2, 0) is 6.61 Å². The van der Waals surface area contributed by atoms with Gasteiger partial charge in [-0.05, 0) is 22.0 Å². The topological polar surface area (TPSA) is 91.3 Å². The van der Waals surface area contributed by atoms with E-state index in [9.17, 15) is 14.5 Å². The summed E-state index contributed by atoms with van der Waals surface area (Å²) in [6.07, 6.45) is 1.52. The average Bonchev–Trinajstić information content (AvgIpc) is 2.73. The lowest BCUT2D eigenvalue weighted by Gasteiger charge is -2.07. The van der Waals surface area contributed by atoms with Gasteiger partial charge in [-0.25, -0.2) is 9.37 Å². The number of nitrogens with zero attached hydrogens (tertiary/aromatic N) is 2. The summed E-state index contributed by atoms with van der Waals surface area (Å²) in [6, 6.07) is 1.91. The molecule has 0 fully saturated rings. The van der Waals surface area contributed by atoms with Gasteiger partial charge in [-0.1, -0.05) is 11.3 Å². The largest absolute Gasteiger partial charge is 0.480 e. The van der Waals surface area contributed by atoms with Crippen molar-refractivity contribution in [3.63, 3.8) is 0 Å². The molecule has 0 amide bonds. The Balaban J connectivity index is 2.26. The van der Waals surface area contributed by atoms with Crippen LogP contribution in [0.15, 0.2) is 22.8 Å². The third kappa shape index (κ3) is 3.18. The first-order valence-corrected chi connectivity index (χ1v) is 6.54. The fourth-order valence-corrected chi connectivity index (χ4v) is 2.49. The van der Waals surface area contributed by atoms with Crippen molar-refractivity contribution >= 4 is 38.1 Å². The Bertz CT molecular complexity index is 634. The molecule has 6 nitrogen and oxygen atoms in total. The first-order valence-electron chi connectivity index (χ1n) is 4.94. The van der Waals surface area contributed by atoms with Crippen molar-refractivity contribution in [2.75, 3.05) is 5.73 Å².